The normalized spacial score (nSPS) is 14.8. The average Bonchev–Trinajstić information content (AvgIpc) is 2.85. The molecule has 0 aromatic carbocycles. The summed E-state index contributed by atoms with van der Waals surface area (Å²) in [4.78, 5) is 0. The molecule has 1 rings (SSSR count). The lowest BCUT2D eigenvalue weighted by Crippen LogP contribution is -2.32. The third-order valence-corrected chi connectivity index (χ3v) is 5.24. The first-order chi connectivity index (χ1) is 8.26. The Kier molecular flexibility index (Phi) is 7.99. The fraction of sp³-hybridized carbons (Fsp3) is 0.714. The third-order valence-electron chi connectivity index (χ3n) is 3.01. The van der Waals surface area contributed by atoms with Crippen molar-refractivity contribution < 1.29 is 0 Å². The van der Waals surface area contributed by atoms with Crippen molar-refractivity contribution in [2.75, 3.05) is 12.3 Å². The molecule has 0 aliphatic heterocycles. The zero-order valence-electron chi connectivity index (χ0n) is 11.2. The molecule has 2 unspecified atom stereocenters. The van der Waals surface area contributed by atoms with Gasteiger partial charge in [0.1, 0.15) is 0 Å². The Hall–Kier alpha value is 0.01000. The van der Waals surface area contributed by atoms with Crippen molar-refractivity contribution in [1.82, 2.24) is 5.32 Å². The molecule has 0 fully saturated rings. The predicted molar refractivity (Wildman–Crippen MR) is 82.3 cm³/mol. The molecule has 0 spiro atoms. The molecule has 3 heteroatoms. The van der Waals surface area contributed by atoms with Gasteiger partial charge in [-0.25, -0.2) is 0 Å². The van der Waals surface area contributed by atoms with Crippen molar-refractivity contribution in [1.29, 1.82) is 0 Å². The van der Waals surface area contributed by atoms with E-state index in [0.717, 1.165) is 11.8 Å². The van der Waals surface area contributed by atoms with Crippen molar-refractivity contribution >= 4 is 23.1 Å². The van der Waals surface area contributed by atoms with E-state index in [1.165, 1.54) is 30.6 Å². The van der Waals surface area contributed by atoms with Crippen LogP contribution in [0.4, 0.5) is 0 Å². The van der Waals surface area contributed by atoms with Crippen LogP contribution < -0.4 is 5.32 Å². The molecule has 0 saturated carbocycles. The Morgan fingerprint density at radius 1 is 1.41 bits per heavy atom. The zero-order valence-corrected chi connectivity index (χ0v) is 12.9. The van der Waals surface area contributed by atoms with E-state index < -0.39 is 0 Å². The van der Waals surface area contributed by atoms with E-state index in [-0.39, 0.29) is 0 Å². The van der Waals surface area contributed by atoms with Gasteiger partial charge in [0.15, 0.2) is 0 Å². The van der Waals surface area contributed by atoms with Gasteiger partial charge in [-0.1, -0.05) is 20.8 Å². The molecule has 1 aromatic rings. The lowest BCUT2D eigenvalue weighted by Gasteiger charge is -2.19. The fourth-order valence-corrected chi connectivity index (χ4v) is 3.49. The number of rotatable bonds is 9. The summed E-state index contributed by atoms with van der Waals surface area (Å²) < 4.78 is 0. The average molecular weight is 271 g/mol. The van der Waals surface area contributed by atoms with E-state index in [0.29, 0.717) is 6.04 Å². The molecule has 0 bridgehead atoms. The number of aryl methyl sites for hydroxylation is 1. The Bertz CT molecular complexity index is 272. The summed E-state index contributed by atoms with van der Waals surface area (Å²) in [6, 6.07) is 2.91. The van der Waals surface area contributed by atoms with Gasteiger partial charge >= 0.3 is 0 Å². The number of thioether (sulfide) groups is 1. The van der Waals surface area contributed by atoms with Crippen LogP contribution in [0.15, 0.2) is 16.8 Å². The molecule has 0 amide bonds. The molecule has 1 nitrogen and oxygen atoms in total. The first kappa shape index (κ1) is 15.1. The highest BCUT2D eigenvalue weighted by Gasteiger charge is 2.10. The summed E-state index contributed by atoms with van der Waals surface area (Å²) >= 11 is 3.90. The monoisotopic (exact) mass is 271 g/mol. The summed E-state index contributed by atoms with van der Waals surface area (Å²) in [5, 5.41) is 8.84. The Morgan fingerprint density at radius 2 is 2.24 bits per heavy atom. The third kappa shape index (κ3) is 6.49. The van der Waals surface area contributed by atoms with E-state index in [1.54, 1.807) is 11.3 Å². The van der Waals surface area contributed by atoms with Gasteiger partial charge in [0.2, 0.25) is 0 Å². The minimum absolute atomic E-state index is 0.666. The second-order valence-corrected chi connectivity index (χ2v) is 6.73. The Labute approximate surface area is 114 Å². The molecular formula is C14H25NS2. The van der Waals surface area contributed by atoms with Crippen molar-refractivity contribution in [3.8, 4) is 0 Å². The molecule has 1 aromatic heterocycles. The predicted octanol–water partition coefficient (Wildman–Crippen LogP) is 4.19. The van der Waals surface area contributed by atoms with Gasteiger partial charge in [-0.3, -0.25) is 0 Å². The maximum Gasteiger partial charge on any atom is 0.0161 e. The highest BCUT2D eigenvalue weighted by Crippen LogP contribution is 2.17. The zero-order chi connectivity index (χ0) is 12.5. The van der Waals surface area contributed by atoms with Crippen molar-refractivity contribution in [2.45, 2.75) is 51.3 Å². The molecule has 0 aliphatic rings. The number of thiophene rings is 1. The second kappa shape index (κ2) is 9.01. The summed E-state index contributed by atoms with van der Waals surface area (Å²) in [7, 11) is 0. The highest BCUT2D eigenvalue weighted by molar-refractivity contribution is 7.99. The number of hydrogen-bond donors (Lipinski definition) is 1. The van der Waals surface area contributed by atoms with E-state index in [1.807, 2.05) is 0 Å². The topological polar surface area (TPSA) is 12.0 Å². The van der Waals surface area contributed by atoms with E-state index in [9.17, 15) is 0 Å². The molecule has 1 N–H and O–H groups in total. The SMILES string of the molecule is CCNC(CCc1ccsc1)CSC(C)CC. The molecule has 98 valence electrons. The second-order valence-electron chi connectivity index (χ2n) is 4.48. The van der Waals surface area contributed by atoms with E-state index in [2.05, 4.69) is 54.7 Å². The summed E-state index contributed by atoms with van der Waals surface area (Å²) in [5.41, 5.74) is 1.49. The largest absolute Gasteiger partial charge is 0.313 e. The highest BCUT2D eigenvalue weighted by atomic mass is 32.2. The maximum absolute atomic E-state index is 3.61. The van der Waals surface area contributed by atoms with Gasteiger partial charge in [-0.15, -0.1) is 0 Å². The van der Waals surface area contributed by atoms with Crippen LogP contribution in [0.2, 0.25) is 0 Å². The number of hydrogen-bond acceptors (Lipinski definition) is 3. The standard InChI is InChI=1S/C14H25NS2/c1-4-12(3)17-11-14(15-5-2)7-6-13-8-9-16-10-13/h8-10,12,14-15H,4-7,11H2,1-3H3. The summed E-state index contributed by atoms with van der Waals surface area (Å²) in [5.74, 6) is 1.24. The van der Waals surface area contributed by atoms with Crippen molar-refractivity contribution in [2.24, 2.45) is 0 Å². The molecule has 0 radical (unpaired) electrons. The molecular weight excluding hydrogens is 246 g/mol. The lowest BCUT2D eigenvalue weighted by atomic mass is 10.1. The van der Waals surface area contributed by atoms with Crippen LogP contribution in [0.25, 0.3) is 0 Å². The molecule has 17 heavy (non-hydrogen) atoms. The van der Waals surface area contributed by atoms with Gasteiger partial charge in [0.25, 0.3) is 0 Å². The minimum atomic E-state index is 0.666. The maximum atomic E-state index is 3.61. The van der Waals surface area contributed by atoms with Gasteiger partial charge in [-0.2, -0.15) is 23.1 Å². The van der Waals surface area contributed by atoms with Gasteiger partial charge in [-0.05, 0) is 48.2 Å². The van der Waals surface area contributed by atoms with E-state index >= 15 is 0 Å². The molecule has 1 heterocycles. The van der Waals surface area contributed by atoms with Crippen molar-refractivity contribution in [3.63, 3.8) is 0 Å². The molecule has 2 atom stereocenters. The summed E-state index contributed by atoms with van der Waals surface area (Å²) in [6.07, 6.45) is 3.74. The van der Waals surface area contributed by atoms with Crippen LogP contribution in [-0.4, -0.2) is 23.6 Å². The van der Waals surface area contributed by atoms with Crippen LogP contribution in [0, 0.1) is 0 Å². The van der Waals surface area contributed by atoms with Gasteiger partial charge < -0.3 is 5.32 Å². The van der Waals surface area contributed by atoms with Crippen LogP contribution in [0.5, 0.6) is 0 Å². The molecule has 0 saturated heterocycles. The quantitative estimate of drug-likeness (QED) is 0.723. The van der Waals surface area contributed by atoms with Crippen LogP contribution in [-0.2, 0) is 6.42 Å². The first-order valence-electron chi connectivity index (χ1n) is 6.62. The first-order valence-corrected chi connectivity index (χ1v) is 8.61. The van der Waals surface area contributed by atoms with Crippen LogP contribution in [0.3, 0.4) is 0 Å². The minimum Gasteiger partial charge on any atom is -0.313 e. The van der Waals surface area contributed by atoms with Crippen LogP contribution in [0.1, 0.15) is 39.2 Å². The summed E-state index contributed by atoms with van der Waals surface area (Å²) in [6.45, 7) is 7.87. The van der Waals surface area contributed by atoms with Crippen LogP contribution >= 0.6 is 23.1 Å². The van der Waals surface area contributed by atoms with Gasteiger partial charge in [0, 0.05) is 17.0 Å². The lowest BCUT2D eigenvalue weighted by molar-refractivity contribution is 0.537. The fourth-order valence-electron chi connectivity index (χ4n) is 1.71. The number of nitrogens with one attached hydrogen (secondary N) is 1. The molecule has 0 aliphatic carbocycles. The van der Waals surface area contributed by atoms with Gasteiger partial charge in [0.05, 0.1) is 0 Å². The van der Waals surface area contributed by atoms with Crippen molar-refractivity contribution in [3.05, 3.63) is 22.4 Å². The smallest absolute Gasteiger partial charge is 0.0161 e. The van der Waals surface area contributed by atoms with E-state index in [4.69, 9.17) is 0 Å². The Balaban J connectivity index is 2.27. The Morgan fingerprint density at radius 3 is 2.82 bits per heavy atom.